The van der Waals surface area contributed by atoms with Crippen LogP contribution >= 0.6 is 0 Å². The SMILES string of the molecule is CCCCCC12CCC(COC(=O)N[C@@H](CC(C)C)C(=O)N[C@@H](C[C@H]3CCNC3=O)C(O)S(=O)(=O)[O-])(CC1)CC2.[Na+]. The Morgan fingerprint density at radius 1 is 1.10 bits per heavy atom. The summed E-state index contributed by atoms with van der Waals surface area (Å²) in [5.74, 6) is -1.75. The van der Waals surface area contributed by atoms with Crippen molar-refractivity contribution in [3.8, 4) is 0 Å². The number of unbranched alkanes of at least 4 members (excludes halogenated alkanes) is 2. The number of aliphatic hydroxyl groups excluding tert-OH is 1. The smallest absolute Gasteiger partial charge is 0.746 e. The van der Waals surface area contributed by atoms with Gasteiger partial charge >= 0.3 is 35.7 Å². The maximum Gasteiger partial charge on any atom is 1.00 e. The molecule has 13 heteroatoms. The third-order valence-corrected chi connectivity index (χ3v) is 10.3. The van der Waals surface area contributed by atoms with Gasteiger partial charge < -0.3 is 30.3 Å². The van der Waals surface area contributed by atoms with Gasteiger partial charge in [-0.25, -0.2) is 13.2 Å². The number of alkyl carbamates (subject to hydrolysis) is 1. The predicted octanol–water partition coefficient (Wildman–Crippen LogP) is -0.0732. The Morgan fingerprint density at radius 2 is 1.71 bits per heavy atom. The molecule has 1 saturated heterocycles. The molecule has 0 aromatic carbocycles. The van der Waals surface area contributed by atoms with Gasteiger partial charge in [0.1, 0.15) is 16.2 Å². The molecule has 4 atom stereocenters. The van der Waals surface area contributed by atoms with Crippen LogP contribution in [0.3, 0.4) is 0 Å². The van der Waals surface area contributed by atoms with E-state index in [9.17, 15) is 32.5 Å². The molecule has 3 aliphatic carbocycles. The Labute approximate surface area is 267 Å². The van der Waals surface area contributed by atoms with Gasteiger partial charge in [-0.1, -0.05) is 40.0 Å². The van der Waals surface area contributed by atoms with E-state index in [4.69, 9.17) is 4.74 Å². The monoisotopic (exact) mass is 609 g/mol. The number of rotatable bonds is 15. The second-order valence-electron chi connectivity index (χ2n) is 12.9. The fraction of sp³-hybridized carbons (Fsp3) is 0.893. The van der Waals surface area contributed by atoms with Crippen molar-refractivity contribution in [1.29, 1.82) is 0 Å². The molecule has 0 aromatic rings. The molecule has 0 aromatic heterocycles. The van der Waals surface area contributed by atoms with Crippen LogP contribution in [0.25, 0.3) is 0 Å². The fourth-order valence-corrected chi connectivity index (χ4v) is 7.28. The zero-order valence-corrected chi connectivity index (χ0v) is 28.0. The van der Waals surface area contributed by atoms with Gasteiger partial charge in [0.2, 0.25) is 11.8 Å². The molecule has 3 amide bonds. The molecule has 1 unspecified atom stereocenters. The van der Waals surface area contributed by atoms with Crippen molar-refractivity contribution in [3.05, 3.63) is 0 Å². The molecule has 0 spiro atoms. The molecule has 1 aliphatic heterocycles. The van der Waals surface area contributed by atoms with Gasteiger partial charge in [-0.2, -0.15) is 0 Å². The standard InChI is InChI=1S/C28H49N3O8S.Na/c1-4-5-6-8-27-9-12-28(13-10-27,14-11-27)18-39-26(35)31-21(16-19(2)3)24(33)30-22(25(34)40(36,37)38)17-20-7-15-29-23(20)32;/h19-22,25,34H,4-18H2,1-3H3,(H,29,32)(H,30,33)(H,31,35)(H,36,37,38);/q;+1/p-1/t20-,21+,22+,25?,27?,28?;/m1./s1. The van der Waals surface area contributed by atoms with Crippen LogP contribution in [0.4, 0.5) is 4.79 Å². The van der Waals surface area contributed by atoms with Crippen LogP contribution in [0.2, 0.25) is 0 Å². The van der Waals surface area contributed by atoms with E-state index in [0.717, 1.165) is 38.5 Å². The van der Waals surface area contributed by atoms with Crippen molar-refractivity contribution in [1.82, 2.24) is 16.0 Å². The summed E-state index contributed by atoms with van der Waals surface area (Å²) in [4.78, 5) is 38.0. The number of hydrogen-bond acceptors (Lipinski definition) is 8. The number of carbonyl (C=O) groups is 3. The van der Waals surface area contributed by atoms with E-state index in [-0.39, 0.29) is 66.2 Å². The summed E-state index contributed by atoms with van der Waals surface area (Å²) in [5, 5.41) is 17.8. The van der Waals surface area contributed by atoms with E-state index >= 15 is 0 Å². The number of nitrogens with one attached hydrogen (secondary N) is 3. The summed E-state index contributed by atoms with van der Waals surface area (Å²) < 4.78 is 40.4. The molecule has 3 saturated carbocycles. The number of ether oxygens (including phenoxy) is 1. The predicted molar refractivity (Wildman–Crippen MR) is 148 cm³/mol. The van der Waals surface area contributed by atoms with Crippen molar-refractivity contribution in [3.63, 3.8) is 0 Å². The molecule has 4 N–H and O–H groups in total. The van der Waals surface area contributed by atoms with Crippen LogP contribution in [0.15, 0.2) is 0 Å². The molecule has 4 fully saturated rings. The molecular formula is C28H48N3NaO8S. The van der Waals surface area contributed by atoms with Gasteiger partial charge in [-0.3, -0.25) is 9.59 Å². The minimum absolute atomic E-state index is 0. The zero-order chi connectivity index (χ0) is 29.6. The van der Waals surface area contributed by atoms with E-state index in [1.165, 1.54) is 25.7 Å². The maximum absolute atomic E-state index is 13.2. The molecule has 1 heterocycles. The average Bonchev–Trinajstić information content (AvgIpc) is 3.31. The Kier molecular flexibility index (Phi) is 13.9. The molecule has 230 valence electrons. The summed E-state index contributed by atoms with van der Waals surface area (Å²) in [5.41, 5.74) is -2.02. The van der Waals surface area contributed by atoms with Gasteiger partial charge in [0, 0.05) is 17.9 Å². The summed E-state index contributed by atoms with van der Waals surface area (Å²) in [6.07, 6.45) is 11.3. The van der Waals surface area contributed by atoms with Crippen LogP contribution in [0.1, 0.15) is 104 Å². The van der Waals surface area contributed by atoms with E-state index in [0.29, 0.717) is 18.4 Å². The fourth-order valence-electron chi connectivity index (χ4n) is 6.70. The summed E-state index contributed by atoms with van der Waals surface area (Å²) in [6.45, 7) is 6.61. The second-order valence-corrected chi connectivity index (χ2v) is 14.3. The number of fused-ring (bicyclic) bond motifs is 3. The first-order valence-electron chi connectivity index (χ1n) is 14.9. The van der Waals surface area contributed by atoms with E-state index in [2.05, 4.69) is 22.9 Å². The van der Waals surface area contributed by atoms with E-state index in [1.54, 1.807) is 0 Å². The number of amides is 3. The van der Waals surface area contributed by atoms with Gasteiger partial charge in [0.25, 0.3) is 0 Å². The van der Waals surface area contributed by atoms with Crippen LogP contribution < -0.4 is 45.5 Å². The van der Waals surface area contributed by atoms with E-state index in [1.807, 2.05) is 13.8 Å². The summed E-state index contributed by atoms with van der Waals surface area (Å²) in [6, 6.07) is -2.58. The molecule has 4 rings (SSSR count). The second kappa shape index (κ2) is 15.7. The van der Waals surface area contributed by atoms with Crippen LogP contribution in [-0.4, -0.2) is 66.7 Å². The Balaban J connectivity index is 0.00000588. The molecule has 11 nitrogen and oxygen atoms in total. The van der Waals surface area contributed by atoms with Crippen LogP contribution in [0.5, 0.6) is 0 Å². The Hall–Kier alpha value is -0.920. The third-order valence-electron chi connectivity index (χ3n) is 9.36. The first kappa shape index (κ1) is 36.3. The minimum atomic E-state index is -5.17. The first-order valence-corrected chi connectivity index (χ1v) is 16.4. The molecule has 4 aliphatic rings. The largest absolute Gasteiger partial charge is 1.00 e. The van der Waals surface area contributed by atoms with Gasteiger partial charge in [0.15, 0.2) is 5.44 Å². The topological polar surface area (TPSA) is 174 Å². The summed E-state index contributed by atoms with van der Waals surface area (Å²) in [7, 11) is -5.17. The number of carbonyl (C=O) groups excluding carboxylic acids is 3. The van der Waals surface area contributed by atoms with Crippen molar-refractivity contribution < 1.29 is 66.8 Å². The number of aliphatic hydroxyl groups is 1. The quantitative estimate of drug-likeness (QED) is 0.113. The van der Waals surface area contributed by atoms with Crippen LogP contribution in [0, 0.1) is 22.7 Å². The normalized spacial score (nSPS) is 27.9. The van der Waals surface area contributed by atoms with Crippen molar-refractivity contribution >= 4 is 28.0 Å². The van der Waals surface area contributed by atoms with Gasteiger partial charge in [-0.05, 0) is 75.5 Å². The minimum Gasteiger partial charge on any atom is -0.746 e. The van der Waals surface area contributed by atoms with Crippen molar-refractivity contribution in [2.24, 2.45) is 22.7 Å². The van der Waals surface area contributed by atoms with Crippen LogP contribution in [-0.2, 0) is 24.4 Å². The Morgan fingerprint density at radius 3 is 2.22 bits per heavy atom. The third kappa shape index (κ3) is 10.3. The van der Waals surface area contributed by atoms with Gasteiger partial charge in [-0.15, -0.1) is 0 Å². The van der Waals surface area contributed by atoms with Crippen molar-refractivity contribution in [2.45, 2.75) is 122 Å². The van der Waals surface area contributed by atoms with E-state index < -0.39 is 45.6 Å². The summed E-state index contributed by atoms with van der Waals surface area (Å²) >= 11 is 0. The molecule has 2 bridgehead atoms. The first-order chi connectivity index (χ1) is 18.8. The number of hydrogen-bond donors (Lipinski definition) is 4. The Bertz CT molecular complexity index is 984. The average molecular weight is 610 g/mol. The zero-order valence-electron chi connectivity index (χ0n) is 25.2. The molecule has 41 heavy (non-hydrogen) atoms. The molecular weight excluding hydrogens is 561 g/mol. The molecule has 0 radical (unpaired) electrons. The maximum atomic E-state index is 13.2. The van der Waals surface area contributed by atoms with Crippen molar-refractivity contribution in [2.75, 3.05) is 13.2 Å². The van der Waals surface area contributed by atoms with Gasteiger partial charge in [0.05, 0.1) is 12.6 Å².